The maximum atomic E-state index is 12.9. The van der Waals surface area contributed by atoms with Gasteiger partial charge >= 0.3 is 0 Å². The highest BCUT2D eigenvalue weighted by Gasteiger charge is 2.30. The first-order valence-corrected chi connectivity index (χ1v) is 9.00. The van der Waals surface area contributed by atoms with E-state index in [2.05, 4.69) is 12.1 Å². The number of nitrogens with zero attached hydrogens (tertiary/aromatic N) is 3. The third-order valence-corrected chi connectivity index (χ3v) is 5.01. The summed E-state index contributed by atoms with van der Waals surface area (Å²) < 4.78 is 3.93. The van der Waals surface area contributed by atoms with E-state index in [1.807, 2.05) is 70.8 Å². The summed E-state index contributed by atoms with van der Waals surface area (Å²) in [5.74, 6) is 0. The van der Waals surface area contributed by atoms with Crippen LogP contribution in [0.3, 0.4) is 0 Å². The van der Waals surface area contributed by atoms with Gasteiger partial charge in [0.05, 0.1) is 16.7 Å². The largest absolute Gasteiger partial charge is 0.301 e. The van der Waals surface area contributed by atoms with E-state index in [0.717, 1.165) is 46.4 Å². The van der Waals surface area contributed by atoms with Crippen molar-refractivity contribution in [3.63, 3.8) is 0 Å². The molecule has 2 heterocycles. The van der Waals surface area contributed by atoms with E-state index in [4.69, 9.17) is 5.10 Å². The van der Waals surface area contributed by atoms with Crippen molar-refractivity contribution in [2.24, 2.45) is 0 Å². The first-order valence-electron chi connectivity index (χ1n) is 9.00. The van der Waals surface area contributed by atoms with Gasteiger partial charge in [0.1, 0.15) is 5.69 Å². The molecule has 0 radical (unpaired) electrons. The molecule has 0 atom stereocenters. The van der Waals surface area contributed by atoms with Gasteiger partial charge in [0.25, 0.3) is 5.56 Å². The minimum Gasteiger partial charge on any atom is -0.301 e. The fourth-order valence-corrected chi connectivity index (χ4v) is 3.59. The Labute approximate surface area is 151 Å². The zero-order valence-corrected chi connectivity index (χ0v) is 14.6. The summed E-state index contributed by atoms with van der Waals surface area (Å²) >= 11 is 0. The van der Waals surface area contributed by atoms with Gasteiger partial charge in [-0.3, -0.25) is 4.79 Å². The number of aryl methyl sites for hydroxylation is 1. The fraction of sp³-hybridized carbons (Fsp3) is 0.182. The van der Waals surface area contributed by atoms with E-state index < -0.39 is 0 Å². The molecular weight excluding hydrogens is 322 g/mol. The second-order valence-corrected chi connectivity index (χ2v) is 6.93. The van der Waals surface area contributed by atoms with Crippen molar-refractivity contribution in [1.82, 2.24) is 14.3 Å². The van der Waals surface area contributed by atoms with Crippen LogP contribution in [0, 0.1) is 6.92 Å². The molecule has 1 saturated carbocycles. The molecule has 0 unspecified atom stereocenters. The van der Waals surface area contributed by atoms with Gasteiger partial charge in [-0.25, -0.2) is 4.68 Å². The van der Waals surface area contributed by atoms with Gasteiger partial charge in [-0.2, -0.15) is 5.10 Å². The lowest BCUT2D eigenvalue weighted by molar-refractivity contribution is 0.734. The predicted molar refractivity (Wildman–Crippen MR) is 104 cm³/mol. The van der Waals surface area contributed by atoms with E-state index >= 15 is 0 Å². The summed E-state index contributed by atoms with van der Waals surface area (Å²) in [5, 5.41) is 4.94. The highest BCUT2D eigenvalue weighted by Crippen LogP contribution is 2.39. The minimum atomic E-state index is 0.102. The van der Waals surface area contributed by atoms with Gasteiger partial charge in [-0.15, -0.1) is 0 Å². The zero-order valence-electron chi connectivity index (χ0n) is 14.6. The maximum absolute atomic E-state index is 12.9. The van der Waals surface area contributed by atoms with Gasteiger partial charge in [0, 0.05) is 17.2 Å². The van der Waals surface area contributed by atoms with Crippen molar-refractivity contribution in [2.75, 3.05) is 0 Å². The summed E-state index contributed by atoms with van der Waals surface area (Å²) in [6.07, 6.45) is 2.12. The van der Waals surface area contributed by atoms with Crippen LogP contribution in [-0.4, -0.2) is 14.3 Å². The van der Waals surface area contributed by atoms with E-state index in [9.17, 15) is 4.79 Å². The monoisotopic (exact) mass is 341 g/mol. The summed E-state index contributed by atoms with van der Waals surface area (Å²) in [5.41, 5.74) is 5.70. The highest BCUT2D eigenvalue weighted by atomic mass is 16.1. The van der Waals surface area contributed by atoms with Crippen molar-refractivity contribution in [3.05, 3.63) is 82.6 Å². The van der Waals surface area contributed by atoms with Gasteiger partial charge in [0.15, 0.2) is 0 Å². The Bertz CT molecular complexity index is 1150. The molecule has 0 aliphatic heterocycles. The molecule has 0 spiro atoms. The molecule has 0 bridgehead atoms. The predicted octanol–water partition coefficient (Wildman–Crippen LogP) is 4.50. The molecule has 4 heteroatoms. The SMILES string of the molecule is Cc1cc2c(c(-c3ccccc3)nn2-c2ccccc2)n(C2CC2)c1=O. The normalized spacial score (nSPS) is 14.0. The smallest absolute Gasteiger partial charge is 0.254 e. The molecule has 0 saturated heterocycles. The third-order valence-electron chi connectivity index (χ3n) is 5.01. The number of rotatable bonds is 3. The van der Waals surface area contributed by atoms with Gasteiger partial charge < -0.3 is 4.57 Å². The summed E-state index contributed by atoms with van der Waals surface area (Å²) in [4.78, 5) is 12.9. The molecule has 1 fully saturated rings. The summed E-state index contributed by atoms with van der Waals surface area (Å²) in [6.45, 7) is 1.89. The molecule has 26 heavy (non-hydrogen) atoms. The molecule has 0 amide bonds. The number of para-hydroxylation sites is 1. The van der Waals surface area contributed by atoms with Gasteiger partial charge in [-0.05, 0) is 38.0 Å². The second-order valence-electron chi connectivity index (χ2n) is 6.93. The van der Waals surface area contributed by atoms with Crippen LogP contribution in [0.2, 0.25) is 0 Å². The molecule has 4 aromatic rings. The lowest BCUT2D eigenvalue weighted by Gasteiger charge is -2.10. The first kappa shape index (κ1) is 15.1. The summed E-state index contributed by atoms with van der Waals surface area (Å²) in [6, 6.07) is 22.5. The first-order chi connectivity index (χ1) is 12.7. The average Bonchev–Trinajstić information content (AvgIpc) is 3.45. The van der Waals surface area contributed by atoms with Gasteiger partial charge in [-0.1, -0.05) is 48.5 Å². The molecular formula is C22H19N3O. The van der Waals surface area contributed by atoms with Crippen LogP contribution in [-0.2, 0) is 0 Å². The van der Waals surface area contributed by atoms with Crippen molar-refractivity contribution in [1.29, 1.82) is 0 Å². The standard InChI is InChI=1S/C22H19N3O/c1-15-14-19-21(24(22(15)26)17-12-13-17)20(16-8-4-2-5-9-16)23-25(19)18-10-6-3-7-11-18/h2-11,14,17H,12-13H2,1H3. The van der Waals surface area contributed by atoms with E-state index in [1.54, 1.807) is 0 Å². The quantitative estimate of drug-likeness (QED) is 0.550. The van der Waals surface area contributed by atoms with Crippen LogP contribution < -0.4 is 5.56 Å². The second kappa shape index (κ2) is 5.70. The van der Waals surface area contributed by atoms with Crippen LogP contribution in [0.5, 0.6) is 0 Å². The van der Waals surface area contributed by atoms with Crippen LogP contribution in [0.4, 0.5) is 0 Å². The van der Waals surface area contributed by atoms with Crippen LogP contribution >= 0.6 is 0 Å². The van der Waals surface area contributed by atoms with Crippen molar-refractivity contribution in [3.8, 4) is 16.9 Å². The Balaban J connectivity index is 1.92. The van der Waals surface area contributed by atoms with Crippen molar-refractivity contribution < 1.29 is 0 Å². The van der Waals surface area contributed by atoms with E-state index in [0.29, 0.717) is 6.04 Å². The number of fused-ring (bicyclic) bond motifs is 1. The Morgan fingerprint density at radius 2 is 1.62 bits per heavy atom. The fourth-order valence-electron chi connectivity index (χ4n) is 3.59. The number of pyridine rings is 1. The number of hydrogen-bond acceptors (Lipinski definition) is 2. The number of aromatic nitrogens is 3. The van der Waals surface area contributed by atoms with Crippen molar-refractivity contribution >= 4 is 11.0 Å². The maximum Gasteiger partial charge on any atom is 0.254 e. The average molecular weight is 341 g/mol. The Kier molecular flexibility index (Phi) is 3.32. The lowest BCUT2D eigenvalue weighted by Crippen LogP contribution is -2.21. The zero-order chi connectivity index (χ0) is 17.7. The molecule has 5 rings (SSSR count). The number of hydrogen-bond donors (Lipinski definition) is 0. The Morgan fingerprint density at radius 3 is 2.27 bits per heavy atom. The Hall–Kier alpha value is -3.14. The lowest BCUT2D eigenvalue weighted by atomic mass is 10.1. The minimum absolute atomic E-state index is 0.102. The highest BCUT2D eigenvalue weighted by molar-refractivity contribution is 5.92. The van der Waals surface area contributed by atoms with Crippen LogP contribution in [0.15, 0.2) is 71.5 Å². The molecule has 2 aromatic carbocycles. The number of benzene rings is 2. The molecule has 1 aliphatic rings. The molecule has 1 aliphatic carbocycles. The molecule has 0 N–H and O–H groups in total. The third kappa shape index (κ3) is 2.30. The van der Waals surface area contributed by atoms with Gasteiger partial charge in [0.2, 0.25) is 0 Å². The van der Waals surface area contributed by atoms with E-state index in [-0.39, 0.29) is 5.56 Å². The summed E-state index contributed by atoms with van der Waals surface area (Å²) in [7, 11) is 0. The molecule has 128 valence electrons. The van der Waals surface area contributed by atoms with E-state index in [1.165, 1.54) is 0 Å². The molecule has 2 aromatic heterocycles. The van der Waals surface area contributed by atoms with Crippen molar-refractivity contribution in [2.45, 2.75) is 25.8 Å². The molecule has 4 nitrogen and oxygen atoms in total. The topological polar surface area (TPSA) is 39.8 Å². The van der Waals surface area contributed by atoms with Crippen LogP contribution in [0.25, 0.3) is 28.0 Å². The Morgan fingerprint density at radius 1 is 0.962 bits per heavy atom. The van der Waals surface area contributed by atoms with Crippen LogP contribution in [0.1, 0.15) is 24.4 Å².